The second kappa shape index (κ2) is 7.66. The molecule has 1 aliphatic rings. The molecule has 0 radical (unpaired) electrons. The molecule has 1 aromatic heterocycles. The molecule has 1 amide bonds. The number of likely N-dealkylation sites (tertiary alicyclic amines) is 1. The largest absolute Gasteiger partial charge is 0.493 e. The van der Waals surface area contributed by atoms with Gasteiger partial charge in [-0.3, -0.25) is 4.79 Å². The molecule has 2 aromatic rings. The molecule has 1 unspecified atom stereocenters. The van der Waals surface area contributed by atoms with Gasteiger partial charge in [-0.15, -0.1) is 11.3 Å². The van der Waals surface area contributed by atoms with E-state index in [0.717, 1.165) is 36.5 Å². The number of nitrogens with zero attached hydrogens (tertiary/aromatic N) is 2. The van der Waals surface area contributed by atoms with Gasteiger partial charge in [0.05, 0.1) is 13.2 Å². The fourth-order valence-electron chi connectivity index (χ4n) is 2.97. The monoisotopic (exact) mass is 346 g/mol. The molecule has 3 rings (SSSR count). The fourth-order valence-corrected chi connectivity index (χ4v) is 3.92. The number of amides is 1. The lowest BCUT2D eigenvalue weighted by atomic mass is 10.0. The number of benzene rings is 1. The minimum Gasteiger partial charge on any atom is -0.493 e. The van der Waals surface area contributed by atoms with Crippen LogP contribution >= 0.6 is 11.3 Å². The number of thiazole rings is 1. The molecule has 24 heavy (non-hydrogen) atoms. The lowest BCUT2D eigenvalue weighted by Gasteiger charge is -2.34. The van der Waals surface area contributed by atoms with Gasteiger partial charge in [-0.25, -0.2) is 4.98 Å². The van der Waals surface area contributed by atoms with Crippen LogP contribution in [0.3, 0.4) is 0 Å². The zero-order valence-corrected chi connectivity index (χ0v) is 14.8. The molecule has 0 spiro atoms. The Morgan fingerprint density at radius 2 is 2.12 bits per heavy atom. The van der Waals surface area contributed by atoms with Gasteiger partial charge < -0.3 is 14.4 Å². The van der Waals surface area contributed by atoms with Crippen molar-refractivity contribution >= 4 is 17.2 Å². The van der Waals surface area contributed by atoms with Gasteiger partial charge in [0.25, 0.3) is 5.91 Å². The maximum Gasteiger partial charge on any atom is 0.261 e. The summed E-state index contributed by atoms with van der Waals surface area (Å²) in [6.07, 6.45) is 3.12. The average molecular weight is 346 g/mol. The summed E-state index contributed by atoms with van der Waals surface area (Å²) in [6, 6.07) is 7.45. The van der Waals surface area contributed by atoms with Crippen molar-refractivity contribution in [3.63, 3.8) is 0 Å². The summed E-state index contributed by atoms with van der Waals surface area (Å²) >= 11 is 1.63. The van der Waals surface area contributed by atoms with Crippen LogP contribution in [0, 0.1) is 6.92 Å². The number of carbonyl (C=O) groups is 1. The van der Waals surface area contributed by atoms with Crippen molar-refractivity contribution in [2.45, 2.75) is 32.2 Å². The quantitative estimate of drug-likeness (QED) is 0.830. The van der Waals surface area contributed by atoms with E-state index in [4.69, 9.17) is 9.47 Å². The van der Waals surface area contributed by atoms with Crippen LogP contribution in [0.15, 0.2) is 29.6 Å². The van der Waals surface area contributed by atoms with Gasteiger partial charge in [-0.2, -0.15) is 0 Å². The van der Waals surface area contributed by atoms with E-state index < -0.39 is 0 Å². The second-order valence-electron chi connectivity index (χ2n) is 5.87. The van der Waals surface area contributed by atoms with Gasteiger partial charge in [-0.05, 0) is 38.3 Å². The molecule has 0 bridgehead atoms. The predicted molar refractivity (Wildman–Crippen MR) is 93.6 cm³/mol. The summed E-state index contributed by atoms with van der Waals surface area (Å²) in [7, 11) is 1.59. The van der Waals surface area contributed by atoms with Crippen molar-refractivity contribution in [2.24, 2.45) is 0 Å². The van der Waals surface area contributed by atoms with E-state index in [1.165, 1.54) is 0 Å². The number of para-hydroxylation sites is 2. The molecular formula is C18H22N2O3S. The first-order valence-corrected chi connectivity index (χ1v) is 9.04. The molecule has 5 nitrogen and oxygen atoms in total. The highest BCUT2D eigenvalue weighted by molar-refractivity contribution is 7.09. The Kier molecular flexibility index (Phi) is 5.35. The van der Waals surface area contributed by atoms with Crippen molar-refractivity contribution in [3.05, 3.63) is 40.3 Å². The van der Waals surface area contributed by atoms with Gasteiger partial charge in [0.15, 0.2) is 18.1 Å². The van der Waals surface area contributed by atoms with Crippen molar-refractivity contribution in [1.82, 2.24) is 9.88 Å². The molecular weight excluding hydrogens is 324 g/mol. The van der Waals surface area contributed by atoms with Gasteiger partial charge >= 0.3 is 0 Å². The number of aryl methyl sites for hydroxylation is 1. The summed E-state index contributed by atoms with van der Waals surface area (Å²) < 4.78 is 11.0. The van der Waals surface area contributed by atoms with Crippen molar-refractivity contribution in [3.8, 4) is 11.5 Å². The summed E-state index contributed by atoms with van der Waals surface area (Å²) in [5.41, 5.74) is 1.01. The van der Waals surface area contributed by atoms with E-state index in [2.05, 4.69) is 4.98 Å². The number of methoxy groups -OCH3 is 1. The molecule has 0 saturated carbocycles. The highest BCUT2D eigenvalue weighted by Gasteiger charge is 2.30. The number of carbonyl (C=O) groups excluding carboxylic acids is 1. The van der Waals surface area contributed by atoms with E-state index in [1.807, 2.05) is 41.5 Å². The molecule has 1 aromatic carbocycles. The lowest BCUT2D eigenvalue weighted by Crippen LogP contribution is -2.41. The number of hydrogen-bond acceptors (Lipinski definition) is 5. The van der Waals surface area contributed by atoms with Crippen LogP contribution in [0.1, 0.15) is 36.0 Å². The highest BCUT2D eigenvalue weighted by Crippen LogP contribution is 2.33. The Balaban J connectivity index is 1.68. The summed E-state index contributed by atoms with van der Waals surface area (Å²) in [6.45, 7) is 2.76. The average Bonchev–Trinajstić information content (AvgIpc) is 3.06. The van der Waals surface area contributed by atoms with Gasteiger partial charge in [0.1, 0.15) is 5.01 Å². The van der Waals surface area contributed by atoms with Crippen molar-refractivity contribution < 1.29 is 14.3 Å². The molecule has 1 atom stereocenters. The third kappa shape index (κ3) is 3.70. The first kappa shape index (κ1) is 16.8. The highest BCUT2D eigenvalue weighted by atomic mass is 32.1. The van der Waals surface area contributed by atoms with Gasteiger partial charge in [0.2, 0.25) is 0 Å². The molecule has 6 heteroatoms. The number of piperidine rings is 1. The minimum atomic E-state index is -0.00143. The number of ether oxygens (including phenoxy) is 2. The Morgan fingerprint density at radius 3 is 2.83 bits per heavy atom. The smallest absolute Gasteiger partial charge is 0.261 e. The lowest BCUT2D eigenvalue weighted by molar-refractivity contribution is -0.137. The van der Waals surface area contributed by atoms with Crippen LogP contribution in [0.25, 0.3) is 0 Å². The minimum absolute atomic E-state index is 0.00143. The van der Waals surface area contributed by atoms with Crippen molar-refractivity contribution in [1.29, 1.82) is 0 Å². The Hall–Kier alpha value is -2.08. The van der Waals surface area contributed by atoms with Crippen LogP contribution in [-0.2, 0) is 4.79 Å². The molecule has 1 fully saturated rings. The molecule has 1 saturated heterocycles. The van der Waals surface area contributed by atoms with Crippen LogP contribution < -0.4 is 9.47 Å². The van der Waals surface area contributed by atoms with Crippen LogP contribution in [-0.4, -0.2) is 36.1 Å². The summed E-state index contributed by atoms with van der Waals surface area (Å²) in [5.74, 6) is 1.22. The number of hydrogen-bond donors (Lipinski definition) is 0. The van der Waals surface area contributed by atoms with Crippen LogP contribution in [0.5, 0.6) is 11.5 Å². The maximum atomic E-state index is 12.7. The van der Waals surface area contributed by atoms with Gasteiger partial charge in [-0.1, -0.05) is 12.1 Å². The first-order valence-electron chi connectivity index (χ1n) is 8.16. The van der Waals surface area contributed by atoms with Crippen molar-refractivity contribution in [2.75, 3.05) is 20.3 Å². The Morgan fingerprint density at radius 1 is 1.33 bits per heavy atom. The third-order valence-electron chi connectivity index (χ3n) is 4.17. The molecule has 0 aliphatic carbocycles. The Labute approximate surface area is 146 Å². The zero-order valence-electron chi connectivity index (χ0n) is 14.0. The topological polar surface area (TPSA) is 51.7 Å². The maximum absolute atomic E-state index is 12.7. The van der Waals surface area contributed by atoms with Gasteiger partial charge in [0, 0.05) is 17.6 Å². The number of aromatic nitrogens is 1. The van der Waals surface area contributed by atoms with E-state index in [0.29, 0.717) is 11.5 Å². The molecule has 0 N–H and O–H groups in total. The SMILES string of the molecule is COc1ccccc1OCC(=O)N1CCCCC1c1nc(C)cs1. The zero-order chi connectivity index (χ0) is 16.9. The normalized spacial score (nSPS) is 17.6. The summed E-state index contributed by atoms with van der Waals surface area (Å²) in [5, 5.41) is 3.07. The standard InChI is InChI=1S/C18H22N2O3S/c1-13-12-24-18(19-13)14-7-5-6-10-20(14)17(21)11-23-16-9-4-3-8-15(16)22-2/h3-4,8-9,12,14H,5-7,10-11H2,1-2H3. The second-order valence-corrected chi connectivity index (χ2v) is 6.76. The summed E-state index contributed by atoms with van der Waals surface area (Å²) in [4.78, 5) is 19.2. The van der Waals surface area contributed by atoms with E-state index in [-0.39, 0.29) is 18.6 Å². The molecule has 1 aliphatic heterocycles. The first-order chi connectivity index (χ1) is 11.7. The van der Waals surface area contributed by atoms with E-state index >= 15 is 0 Å². The fraction of sp³-hybridized carbons (Fsp3) is 0.444. The van der Waals surface area contributed by atoms with E-state index in [1.54, 1.807) is 18.4 Å². The molecule has 128 valence electrons. The molecule has 2 heterocycles. The van der Waals surface area contributed by atoms with E-state index in [9.17, 15) is 4.79 Å². The van der Waals surface area contributed by atoms with Crippen LogP contribution in [0.4, 0.5) is 0 Å². The van der Waals surface area contributed by atoms with Crippen LogP contribution in [0.2, 0.25) is 0 Å². The predicted octanol–water partition coefficient (Wildman–Crippen LogP) is 3.59. The Bertz CT molecular complexity index is 701. The third-order valence-corrected chi connectivity index (χ3v) is 5.23. The number of rotatable bonds is 5.